The van der Waals surface area contributed by atoms with Crippen LogP contribution in [0.5, 0.6) is 5.75 Å². The van der Waals surface area contributed by atoms with E-state index in [1.165, 1.54) is 22.9 Å². The monoisotopic (exact) mass is 512 g/mol. The van der Waals surface area contributed by atoms with Gasteiger partial charge in [0.1, 0.15) is 5.75 Å². The molecule has 0 spiro atoms. The zero-order valence-corrected chi connectivity index (χ0v) is 19.6. The van der Waals surface area contributed by atoms with Gasteiger partial charge in [0.25, 0.3) is 11.5 Å². The lowest BCUT2D eigenvalue weighted by Crippen LogP contribution is -2.24. The lowest BCUT2D eigenvalue weighted by Gasteiger charge is -2.13. The first kappa shape index (κ1) is 25.0. The van der Waals surface area contributed by atoms with Gasteiger partial charge in [-0.25, -0.2) is 10.4 Å². The van der Waals surface area contributed by atoms with E-state index in [-0.39, 0.29) is 11.3 Å². The van der Waals surface area contributed by atoms with Gasteiger partial charge in [-0.05, 0) is 54.1 Å². The molecule has 4 rings (SSSR count). The van der Waals surface area contributed by atoms with Crippen molar-refractivity contribution in [1.29, 1.82) is 0 Å². The van der Waals surface area contributed by atoms with Crippen LogP contribution in [0.3, 0.4) is 0 Å². The quantitative estimate of drug-likeness (QED) is 0.169. The maximum atomic E-state index is 13.2. The molecule has 11 heteroatoms. The van der Waals surface area contributed by atoms with Gasteiger partial charge < -0.3 is 4.74 Å². The molecule has 0 unspecified atom stereocenters. The number of aromatic nitrogens is 2. The molecule has 7 nitrogen and oxygen atoms in total. The maximum absolute atomic E-state index is 13.2. The van der Waals surface area contributed by atoms with Crippen LogP contribution in [0, 0.1) is 0 Å². The average molecular weight is 513 g/mol. The molecule has 0 aliphatic heterocycles. The summed E-state index contributed by atoms with van der Waals surface area (Å²) in [6.45, 7) is 0. The summed E-state index contributed by atoms with van der Waals surface area (Å²) in [4.78, 5) is 30.2. The highest BCUT2D eigenvalue weighted by Gasteiger charge is 2.29. The van der Waals surface area contributed by atoms with E-state index >= 15 is 0 Å². The molecular formula is C25H19F3N4O3S. The third-order valence-electron chi connectivity index (χ3n) is 5.05. The van der Waals surface area contributed by atoms with E-state index in [4.69, 9.17) is 4.74 Å². The highest BCUT2D eigenvalue weighted by Crippen LogP contribution is 2.29. The number of halogens is 3. The minimum atomic E-state index is -4.43. The van der Waals surface area contributed by atoms with Crippen molar-refractivity contribution < 1.29 is 22.7 Å². The largest absolute Gasteiger partial charge is 0.497 e. The topological polar surface area (TPSA) is 85.6 Å². The summed E-state index contributed by atoms with van der Waals surface area (Å²) in [5, 5.41) is 4.54. The van der Waals surface area contributed by atoms with Gasteiger partial charge in [0.2, 0.25) is 0 Å². The minimum absolute atomic E-state index is 0.106. The van der Waals surface area contributed by atoms with E-state index in [0.717, 1.165) is 23.9 Å². The second kappa shape index (κ2) is 10.6. The number of para-hydroxylation sites is 1. The van der Waals surface area contributed by atoms with Crippen LogP contribution in [0.4, 0.5) is 13.2 Å². The maximum Gasteiger partial charge on any atom is 0.416 e. The number of nitrogens with zero attached hydrogens (tertiary/aromatic N) is 3. The number of methoxy groups -OCH3 is 1. The minimum Gasteiger partial charge on any atom is -0.497 e. The van der Waals surface area contributed by atoms with Gasteiger partial charge in [-0.15, -0.1) is 0 Å². The van der Waals surface area contributed by atoms with Crippen LogP contribution >= 0.6 is 11.8 Å². The van der Waals surface area contributed by atoms with Crippen molar-refractivity contribution in [1.82, 2.24) is 15.0 Å². The molecule has 0 radical (unpaired) electrons. The number of thioether (sulfide) groups is 1. The van der Waals surface area contributed by atoms with Crippen LogP contribution in [0.15, 0.2) is 87.8 Å². The second-order valence-electron chi connectivity index (χ2n) is 7.45. The smallest absolute Gasteiger partial charge is 0.416 e. The van der Waals surface area contributed by atoms with E-state index in [2.05, 4.69) is 15.5 Å². The third-order valence-corrected chi connectivity index (χ3v) is 5.99. The Bertz CT molecular complexity index is 1470. The molecule has 1 heterocycles. The van der Waals surface area contributed by atoms with Crippen molar-refractivity contribution in [2.75, 3.05) is 12.9 Å². The molecule has 0 aliphatic rings. The van der Waals surface area contributed by atoms with E-state index in [1.807, 2.05) is 0 Å². The second-order valence-corrected chi connectivity index (χ2v) is 8.39. The number of ether oxygens (including phenoxy) is 1. The van der Waals surface area contributed by atoms with E-state index in [9.17, 15) is 22.8 Å². The lowest BCUT2D eigenvalue weighted by atomic mass is 10.1. The van der Waals surface area contributed by atoms with Crippen molar-refractivity contribution >= 4 is 34.8 Å². The van der Waals surface area contributed by atoms with Crippen molar-refractivity contribution in [3.05, 3.63) is 94.3 Å². The standard InChI is InChI=1S/C25H19F3N4O3S/c1-35-19-12-10-18(11-13-19)32-23(34)20-4-2-3-5-21(20)30-24(32)36-15-22(33)31-29-14-16-6-8-17(9-7-16)25(26,27)28/h2-14H,15H2,1H3,(H,31,33)/b29-14-. The lowest BCUT2D eigenvalue weighted by molar-refractivity contribution is -0.137. The van der Waals surface area contributed by atoms with E-state index < -0.39 is 17.6 Å². The molecule has 0 bridgehead atoms. The van der Waals surface area contributed by atoms with Gasteiger partial charge in [-0.1, -0.05) is 36.0 Å². The highest BCUT2D eigenvalue weighted by molar-refractivity contribution is 7.99. The summed E-state index contributed by atoms with van der Waals surface area (Å²) in [5.41, 5.74) is 2.72. The summed E-state index contributed by atoms with van der Waals surface area (Å²) < 4.78 is 44.6. The predicted octanol–water partition coefficient (Wildman–Crippen LogP) is 4.66. The molecule has 4 aromatic rings. The van der Waals surface area contributed by atoms with Gasteiger partial charge in [0, 0.05) is 0 Å². The number of carbonyl (C=O) groups excluding carboxylic acids is 1. The Morgan fingerprint density at radius 1 is 1.08 bits per heavy atom. The molecule has 0 fully saturated rings. The number of hydrogen-bond acceptors (Lipinski definition) is 6. The molecule has 36 heavy (non-hydrogen) atoms. The Kier molecular flexibility index (Phi) is 7.39. The SMILES string of the molecule is COc1ccc(-n2c(SCC(=O)N/N=C\c3ccc(C(F)(F)F)cc3)nc3ccccc3c2=O)cc1. The molecule has 1 N–H and O–H groups in total. The summed E-state index contributed by atoms with van der Waals surface area (Å²) in [7, 11) is 1.54. The Morgan fingerprint density at radius 2 is 1.78 bits per heavy atom. The Hall–Kier alpha value is -4.12. The van der Waals surface area contributed by atoms with Crippen LogP contribution in [-0.4, -0.2) is 34.5 Å². The summed E-state index contributed by atoms with van der Waals surface area (Å²) in [6.07, 6.45) is -3.19. The molecule has 1 amide bonds. The zero-order valence-electron chi connectivity index (χ0n) is 18.8. The number of hydrazone groups is 1. The van der Waals surface area contributed by atoms with Crippen molar-refractivity contribution in [2.45, 2.75) is 11.3 Å². The Morgan fingerprint density at radius 3 is 2.44 bits per heavy atom. The summed E-state index contributed by atoms with van der Waals surface area (Å²) >= 11 is 1.05. The number of rotatable bonds is 7. The van der Waals surface area contributed by atoms with Crippen molar-refractivity contribution in [3.8, 4) is 11.4 Å². The fourth-order valence-electron chi connectivity index (χ4n) is 3.27. The van der Waals surface area contributed by atoms with Crippen LogP contribution in [0.1, 0.15) is 11.1 Å². The molecule has 1 aromatic heterocycles. The Balaban J connectivity index is 1.50. The van der Waals surface area contributed by atoms with E-state index in [1.54, 1.807) is 55.6 Å². The number of nitrogens with one attached hydrogen (secondary N) is 1. The number of fused-ring (bicyclic) bond motifs is 1. The first-order valence-electron chi connectivity index (χ1n) is 10.5. The van der Waals surface area contributed by atoms with Crippen LogP contribution < -0.4 is 15.7 Å². The van der Waals surface area contributed by atoms with Gasteiger partial charge >= 0.3 is 6.18 Å². The van der Waals surface area contributed by atoms with Crippen LogP contribution in [0.25, 0.3) is 16.6 Å². The number of benzene rings is 3. The molecule has 184 valence electrons. The van der Waals surface area contributed by atoms with Crippen LogP contribution in [0.2, 0.25) is 0 Å². The number of carbonyl (C=O) groups is 1. The number of alkyl halides is 3. The first-order valence-corrected chi connectivity index (χ1v) is 11.5. The predicted molar refractivity (Wildman–Crippen MR) is 132 cm³/mol. The van der Waals surface area contributed by atoms with Gasteiger partial charge in [-0.3, -0.25) is 14.2 Å². The third kappa shape index (κ3) is 5.74. The number of amides is 1. The number of hydrogen-bond donors (Lipinski definition) is 1. The highest BCUT2D eigenvalue weighted by atomic mass is 32.2. The summed E-state index contributed by atoms with van der Waals surface area (Å²) in [5.74, 6) is 0.0394. The van der Waals surface area contributed by atoms with Gasteiger partial charge in [0.05, 0.1) is 41.2 Å². The normalized spacial score (nSPS) is 11.7. The Labute approximate surface area is 207 Å². The fourth-order valence-corrected chi connectivity index (χ4v) is 4.07. The van der Waals surface area contributed by atoms with Crippen molar-refractivity contribution in [3.63, 3.8) is 0 Å². The molecular weight excluding hydrogens is 493 g/mol. The van der Waals surface area contributed by atoms with Gasteiger partial charge in [-0.2, -0.15) is 18.3 Å². The molecule has 0 saturated heterocycles. The first-order chi connectivity index (χ1) is 17.3. The van der Waals surface area contributed by atoms with Crippen molar-refractivity contribution in [2.24, 2.45) is 5.10 Å². The summed E-state index contributed by atoms with van der Waals surface area (Å²) in [6, 6.07) is 18.1. The van der Waals surface area contributed by atoms with Gasteiger partial charge in [0.15, 0.2) is 5.16 Å². The average Bonchev–Trinajstić information content (AvgIpc) is 2.87. The van der Waals surface area contributed by atoms with E-state index in [0.29, 0.717) is 33.1 Å². The fraction of sp³-hybridized carbons (Fsp3) is 0.120. The zero-order chi connectivity index (χ0) is 25.7. The van der Waals surface area contributed by atoms with Crippen LogP contribution in [-0.2, 0) is 11.0 Å². The molecule has 0 saturated carbocycles. The molecule has 0 atom stereocenters. The molecule has 3 aromatic carbocycles. The molecule has 0 aliphatic carbocycles.